The van der Waals surface area contributed by atoms with Crippen molar-refractivity contribution in [1.82, 2.24) is 19.8 Å². The maximum Gasteiger partial charge on any atom is 0.407 e. The Morgan fingerprint density at radius 1 is 1.31 bits per heavy atom. The molecule has 2 heterocycles. The number of carbonyl (C=O) groups is 1. The molecule has 0 aromatic carbocycles. The summed E-state index contributed by atoms with van der Waals surface area (Å²) in [4.78, 5) is 22.5. The van der Waals surface area contributed by atoms with E-state index in [-0.39, 0.29) is 0 Å². The predicted octanol–water partition coefficient (Wildman–Crippen LogP) is 0.272. The lowest BCUT2D eigenvalue weighted by Gasteiger charge is -2.32. The number of carboxylic acid groups (broad SMARTS) is 1. The summed E-state index contributed by atoms with van der Waals surface area (Å²) in [7, 11) is 0. The van der Waals surface area contributed by atoms with Gasteiger partial charge in [0.15, 0.2) is 0 Å². The normalized spacial score (nSPS) is 17.4. The minimum Gasteiger partial charge on any atom is -0.465 e. The first kappa shape index (κ1) is 10.8. The fourth-order valence-electron chi connectivity index (χ4n) is 1.74. The van der Waals surface area contributed by atoms with E-state index in [0.717, 1.165) is 25.3 Å². The van der Waals surface area contributed by atoms with Gasteiger partial charge in [0, 0.05) is 51.3 Å². The fourth-order valence-corrected chi connectivity index (χ4v) is 1.74. The Morgan fingerprint density at radius 3 is 2.62 bits per heavy atom. The lowest BCUT2D eigenvalue weighted by Crippen LogP contribution is -2.47. The van der Waals surface area contributed by atoms with Crippen LogP contribution in [0.1, 0.15) is 5.69 Å². The van der Waals surface area contributed by atoms with Gasteiger partial charge >= 0.3 is 6.09 Å². The van der Waals surface area contributed by atoms with Crippen molar-refractivity contribution in [3.63, 3.8) is 0 Å². The lowest BCUT2D eigenvalue weighted by atomic mass is 10.3. The molecule has 1 aliphatic heterocycles. The van der Waals surface area contributed by atoms with Crippen LogP contribution in [0.4, 0.5) is 4.79 Å². The molecule has 86 valence electrons. The van der Waals surface area contributed by atoms with Gasteiger partial charge in [-0.3, -0.25) is 14.9 Å². The molecular formula is C10H14N4O2. The summed E-state index contributed by atoms with van der Waals surface area (Å²) in [5, 5.41) is 8.80. The molecule has 1 aliphatic rings. The molecule has 1 saturated heterocycles. The third kappa shape index (κ3) is 2.66. The molecule has 1 amide bonds. The molecule has 1 aromatic rings. The molecule has 0 spiro atoms. The van der Waals surface area contributed by atoms with Crippen LogP contribution in [0.3, 0.4) is 0 Å². The fraction of sp³-hybridized carbons (Fsp3) is 0.500. The third-order valence-electron chi connectivity index (χ3n) is 2.65. The molecule has 1 fully saturated rings. The number of rotatable bonds is 2. The number of hydrogen-bond donors (Lipinski definition) is 1. The molecule has 0 saturated carbocycles. The quantitative estimate of drug-likeness (QED) is 0.778. The van der Waals surface area contributed by atoms with Crippen LogP contribution in [0.25, 0.3) is 0 Å². The minimum atomic E-state index is -0.834. The van der Waals surface area contributed by atoms with Gasteiger partial charge < -0.3 is 10.0 Å². The molecule has 1 aromatic heterocycles. The van der Waals surface area contributed by atoms with Gasteiger partial charge in [0.2, 0.25) is 0 Å². The molecule has 2 rings (SSSR count). The minimum absolute atomic E-state index is 0.565. The van der Waals surface area contributed by atoms with Crippen molar-refractivity contribution in [3.8, 4) is 0 Å². The number of aromatic nitrogens is 2. The highest BCUT2D eigenvalue weighted by Crippen LogP contribution is 2.05. The van der Waals surface area contributed by atoms with Crippen LogP contribution in [0.2, 0.25) is 0 Å². The van der Waals surface area contributed by atoms with Crippen LogP contribution >= 0.6 is 0 Å². The first-order valence-electron chi connectivity index (χ1n) is 5.21. The topological polar surface area (TPSA) is 69.6 Å². The largest absolute Gasteiger partial charge is 0.465 e. The van der Waals surface area contributed by atoms with Gasteiger partial charge in [-0.2, -0.15) is 0 Å². The van der Waals surface area contributed by atoms with E-state index < -0.39 is 6.09 Å². The van der Waals surface area contributed by atoms with E-state index in [1.807, 2.05) is 0 Å². The Balaban J connectivity index is 1.84. The summed E-state index contributed by atoms with van der Waals surface area (Å²) >= 11 is 0. The van der Waals surface area contributed by atoms with Gasteiger partial charge in [0.1, 0.15) is 0 Å². The third-order valence-corrected chi connectivity index (χ3v) is 2.65. The van der Waals surface area contributed by atoms with Crippen LogP contribution in [-0.4, -0.2) is 57.1 Å². The monoisotopic (exact) mass is 222 g/mol. The number of piperazine rings is 1. The van der Waals surface area contributed by atoms with Gasteiger partial charge in [-0.25, -0.2) is 4.79 Å². The Morgan fingerprint density at radius 2 is 2.06 bits per heavy atom. The number of hydrogen-bond acceptors (Lipinski definition) is 4. The van der Waals surface area contributed by atoms with E-state index in [2.05, 4.69) is 14.9 Å². The van der Waals surface area contributed by atoms with Crippen molar-refractivity contribution in [1.29, 1.82) is 0 Å². The number of amides is 1. The van der Waals surface area contributed by atoms with E-state index in [0.29, 0.717) is 13.1 Å². The first-order valence-corrected chi connectivity index (χ1v) is 5.21. The van der Waals surface area contributed by atoms with Crippen LogP contribution in [0, 0.1) is 0 Å². The molecule has 0 radical (unpaired) electrons. The van der Waals surface area contributed by atoms with Gasteiger partial charge in [0.05, 0.1) is 5.69 Å². The molecule has 6 nitrogen and oxygen atoms in total. The zero-order valence-electron chi connectivity index (χ0n) is 8.91. The van der Waals surface area contributed by atoms with Crippen LogP contribution in [0.5, 0.6) is 0 Å². The summed E-state index contributed by atoms with van der Waals surface area (Å²) in [6.07, 6.45) is 4.22. The van der Waals surface area contributed by atoms with Crippen LogP contribution in [0.15, 0.2) is 18.6 Å². The predicted molar refractivity (Wildman–Crippen MR) is 56.9 cm³/mol. The smallest absolute Gasteiger partial charge is 0.407 e. The van der Waals surface area contributed by atoms with Crippen molar-refractivity contribution >= 4 is 6.09 Å². The molecular weight excluding hydrogens is 208 g/mol. The molecule has 1 N–H and O–H groups in total. The highest BCUT2D eigenvalue weighted by molar-refractivity contribution is 5.65. The Labute approximate surface area is 93.5 Å². The highest BCUT2D eigenvalue weighted by Gasteiger charge is 2.20. The standard InChI is InChI=1S/C10H14N4O2/c15-10(16)14-5-3-13(4-6-14)8-9-7-11-1-2-12-9/h1-2,7H,3-6,8H2,(H,15,16). The number of nitrogens with zero attached hydrogens (tertiary/aromatic N) is 4. The second-order valence-electron chi connectivity index (χ2n) is 3.74. The van der Waals surface area contributed by atoms with Crippen molar-refractivity contribution < 1.29 is 9.90 Å². The molecule has 6 heteroatoms. The zero-order chi connectivity index (χ0) is 11.4. The molecule has 0 unspecified atom stereocenters. The molecule has 0 aliphatic carbocycles. The van der Waals surface area contributed by atoms with Crippen LogP contribution < -0.4 is 0 Å². The molecule has 16 heavy (non-hydrogen) atoms. The van der Waals surface area contributed by atoms with E-state index in [9.17, 15) is 4.79 Å². The van der Waals surface area contributed by atoms with Crippen molar-refractivity contribution in [2.45, 2.75) is 6.54 Å². The van der Waals surface area contributed by atoms with Crippen molar-refractivity contribution in [2.24, 2.45) is 0 Å². The Kier molecular flexibility index (Phi) is 3.31. The summed E-state index contributed by atoms with van der Waals surface area (Å²) in [5.41, 5.74) is 0.922. The van der Waals surface area contributed by atoms with Crippen molar-refractivity contribution in [3.05, 3.63) is 24.3 Å². The van der Waals surface area contributed by atoms with Gasteiger partial charge in [-0.1, -0.05) is 0 Å². The van der Waals surface area contributed by atoms with Crippen LogP contribution in [-0.2, 0) is 6.54 Å². The van der Waals surface area contributed by atoms with E-state index in [1.54, 1.807) is 18.6 Å². The molecule has 0 bridgehead atoms. The van der Waals surface area contributed by atoms with E-state index in [1.165, 1.54) is 4.90 Å². The second-order valence-corrected chi connectivity index (χ2v) is 3.74. The first-order chi connectivity index (χ1) is 7.75. The summed E-state index contributed by atoms with van der Waals surface area (Å²) in [6, 6.07) is 0. The maximum atomic E-state index is 10.7. The van der Waals surface area contributed by atoms with Gasteiger partial charge in [-0.15, -0.1) is 0 Å². The summed E-state index contributed by atoms with van der Waals surface area (Å²) in [6.45, 7) is 3.37. The van der Waals surface area contributed by atoms with E-state index >= 15 is 0 Å². The Hall–Kier alpha value is -1.69. The lowest BCUT2D eigenvalue weighted by molar-refractivity contribution is 0.102. The maximum absolute atomic E-state index is 10.7. The van der Waals surface area contributed by atoms with Gasteiger partial charge in [0.25, 0.3) is 0 Å². The summed E-state index contributed by atoms with van der Waals surface area (Å²) < 4.78 is 0. The average molecular weight is 222 g/mol. The van der Waals surface area contributed by atoms with Gasteiger partial charge in [-0.05, 0) is 0 Å². The van der Waals surface area contributed by atoms with E-state index in [4.69, 9.17) is 5.11 Å². The SMILES string of the molecule is O=C(O)N1CCN(Cc2cnccn2)CC1. The zero-order valence-corrected chi connectivity index (χ0v) is 8.91. The van der Waals surface area contributed by atoms with Crippen molar-refractivity contribution in [2.75, 3.05) is 26.2 Å². The average Bonchev–Trinajstić information content (AvgIpc) is 2.31. The second kappa shape index (κ2) is 4.89. The molecule has 0 atom stereocenters. The highest BCUT2D eigenvalue weighted by atomic mass is 16.4. The summed E-state index contributed by atoms with van der Waals surface area (Å²) in [5.74, 6) is 0. The Bertz CT molecular complexity index is 349.